The Hall–Kier alpha value is -2.91. The average Bonchev–Trinajstić information content (AvgIpc) is 2.61. The van der Waals surface area contributed by atoms with Crippen LogP contribution in [0, 0.1) is 6.92 Å². The number of fused-ring (bicyclic) bond motifs is 1. The number of carboxylic acid groups (broad SMARTS) is 1. The predicted octanol–water partition coefficient (Wildman–Crippen LogP) is 1.30. The molecule has 142 valence electrons. The zero-order valence-electron chi connectivity index (χ0n) is 14.4. The SMILES string of the molecule is Cc1cc2c(cc1S(=O)(=O)N[C@H](Cc1ccccc1)C(=O)O)OCC(=O)N2. The number of sulfonamides is 1. The third-order valence-electron chi connectivity index (χ3n) is 4.08. The predicted molar refractivity (Wildman–Crippen MR) is 97.2 cm³/mol. The van der Waals surface area contributed by atoms with Crippen LogP contribution in [0.4, 0.5) is 5.69 Å². The molecule has 9 heteroatoms. The summed E-state index contributed by atoms with van der Waals surface area (Å²) >= 11 is 0. The minimum Gasteiger partial charge on any atom is -0.482 e. The minimum absolute atomic E-state index is 0.00590. The van der Waals surface area contributed by atoms with Gasteiger partial charge in [-0.25, -0.2) is 8.42 Å². The van der Waals surface area contributed by atoms with Gasteiger partial charge in [-0.15, -0.1) is 0 Å². The summed E-state index contributed by atoms with van der Waals surface area (Å²) in [6.07, 6.45) is 0.00590. The lowest BCUT2D eigenvalue weighted by Crippen LogP contribution is -2.42. The first-order valence-corrected chi connectivity index (χ1v) is 9.61. The number of hydrogen-bond donors (Lipinski definition) is 3. The summed E-state index contributed by atoms with van der Waals surface area (Å²) in [5.41, 5.74) is 1.43. The van der Waals surface area contributed by atoms with E-state index in [0.717, 1.165) is 0 Å². The van der Waals surface area contributed by atoms with Crippen LogP contribution in [0.5, 0.6) is 5.75 Å². The van der Waals surface area contributed by atoms with Crippen molar-refractivity contribution in [1.29, 1.82) is 0 Å². The van der Waals surface area contributed by atoms with Gasteiger partial charge in [-0.2, -0.15) is 4.72 Å². The van der Waals surface area contributed by atoms with Gasteiger partial charge in [0, 0.05) is 6.07 Å². The molecule has 1 aliphatic heterocycles. The zero-order chi connectivity index (χ0) is 19.6. The Morgan fingerprint density at radius 3 is 2.67 bits per heavy atom. The number of anilines is 1. The maximum absolute atomic E-state index is 12.8. The molecule has 3 rings (SSSR count). The van der Waals surface area contributed by atoms with Gasteiger partial charge in [0.1, 0.15) is 11.8 Å². The van der Waals surface area contributed by atoms with Crippen LogP contribution >= 0.6 is 0 Å². The summed E-state index contributed by atoms with van der Waals surface area (Å²) in [5.74, 6) is -1.39. The number of ether oxygens (including phenoxy) is 1. The molecule has 0 fully saturated rings. The fourth-order valence-electron chi connectivity index (χ4n) is 2.79. The topological polar surface area (TPSA) is 122 Å². The van der Waals surface area contributed by atoms with E-state index in [2.05, 4.69) is 10.0 Å². The molecule has 27 heavy (non-hydrogen) atoms. The number of aryl methyl sites for hydroxylation is 1. The van der Waals surface area contributed by atoms with E-state index in [1.807, 2.05) is 0 Å². The van der Waals surface area contributed by atoms with Gasteiger partial charge in [0.25, 0.3) is 5.91 Å². The highest BCUT2D eigenvalue weighted by molar-refractivity contribution is 7.89. The quantitative estimate of drug-likeness (QED) is 0.683. The maximum Gasteiger partial charge on any atom is 0.322 e. The van der Waals surface area contributed by atoms with Gasteiger partial charge >= 0.3 is 5.97 Å². The number of benzene rings is 2. The molecular formula is C18H18N2O6S. The third-order valence-corrected chi connectivity index (χ3v) is 5.69. The van der Waals surface area contributed by atoms with Crippen LogP contribution in [-0.2, 0) is 26.0 Å². The van der Waals surface area contributed by atoms with Gasteiger partial charge in [0.2, 0.25) is 10.0 Å². The van der Waals surface area contributed by atoms with E-state index in [-0.39, 0.29) is 29.6 Å². The van der Waals surface area contributed by atoms with Crippen LogP contribution in [0.2, 0.25) is 0 Å². The van der Waals surface area contributed by atoms with E-state index in [1.165, 1.54) is 12.1 Å². The van der Waals surface area contributed by atoms with Crippen LogP contribution in [0.1, 0.15) is 11.1 Å². The Morgan fingerprint density at radius 2 is 2.00 bits per heavy atom. The van der Waals surface area contributed by atoms with Crippen molar-refractivity contribution >= 4 is 27.6 Å². The monoisotopic (exact) mass is 390 g/mol. The molecule has 0 bridgehead atoms. The first-order chi connectivity index (χ1) is 12.8. The Morgan fingerprint density at radius 1 is 1.30 bits per heavy atom. The van der Waals surface area contributed by atoms with Crippen LogP contribution < -0.4 is 14.8 Å². The molecule has 0 aromatic heterocycles. The Labute approximate surface area is 156 Å². The Bertz CT molecular complexity index is 988. The van der Waals surface area contributed by atoms with Crippen molar-refractivity contribution in [3.63, 3.8) is 0 Å². The molecule has 1 aliphatic rings. The van der Waals surface area contributed by atoms with Crippen molar-refractivity contribution in [1.82, 2.24) is 4.72 Å². The summed E-state index contributed by atoms with van der Waals surface area (Å²) in [7, 11) is -4.13. The fourth-order valence-corrected chi connectivity index (χ4v) is 4.22. The lowest BCUT2D eigenvalue weighted by molar-refractivity contribution is -0.138. The first-order valence-electron chi connectivity index (χ1n) is 8.12. The van der Waals surface area contributed by atoms with E-state index in [9.17, 15) is 23.1 Å². The number of hydrogen-bond acceptors (Lipinski definition) is 5. The molecule has 3 N–H and O–H groups in total. The molecule has 0 saturated heterocycles. The second-order valence-electron chi connectivity index (χ2n) is 6.15. The Balaban J connectivity index is 1.89. The summed E-state index contributed by atoms with van der Waals surface area (Å²) in [6.45, 7) is 1.34. The summed E-state index contributed by atoms with van der Waals surface area (Å²) in [6, 6.07) is 10.2. The van der Waals surface area contributed by atoms with Crippen molar-refractivity contribution in [2.75, 3.05) is 11.9 Å². The third kappa shape index (κ3) is 4.26. The highest BCUT2D eigenvalue weighted by atomic mass is 32.2. The van der Waals surface area contributed by atoms with Gasteiger partial charge in [0.05, 0.1) is 10.6 Å². The van der Waals surface area contributed by atoms with Gasteiger partial charge in [-0.3, -0.25) is 9.59 Å². The van der Waals surface area contributed by atoms with Crippen molar-refractivity contribution in [3.8, 4) is 5.75 Å². The molecule has 2 aromatic carbocycles. The molecule has 0 aliphatic carbocycles. The number of aliphatic carboxylic acids is 1. The largest absolute Gasteiger partial charge is 0.482 e. The second-order valence-corrected chi connectivity index (χ2v) is 7.83. The van der Waals surface area contributed by atoms with Gasteiger partial charge in [-0.05, 0) is 30.5 Å². The first kappa shape index (κ1) is 18.9. The molecule has 1 atom stereocenters. The van der Waals surface area contributed by atoms with Crippen LogP contribution in [0.15, 0.2) is 47.4 Å². The zero-order valence-corrected chi connectivity index (χ0v) is 15.2. The highest BCUT2D eigenvalue weighted by Gasteiger charge is 2.28. The number of amides is 1. The molecule has 0 saturated carbocycles. The van der Waals surface area contributed by atoms with Crippen LogP contribution in [0.3, 0.4) is 0 Å². The lowest BCUT2D eigenvalue weighted by Gasteiger charge is -2.21. The molecule has 0 unspecified atom stereocenters. The minimum atomic E-state index is -4.13. The molecule has 2 aromatic rings. The molecule has 0 radical (unpaired) electrons. The summed E-state index contributed by atoms with van der Waals surface area (Å²) in [5, 5.41) is 12.0. The Kier molecular flexibility index (Phi) is 5.15. The standard InChI is InChI=1S/C18H18N2O6S/c1-11-7-13-15(26-10-17(21)19-13)9-16(11)27(24,25)20-14(18(22)23)8-12-5-3-2-4-6-12/h2-7,9,14,20H,8,10H2,1H3,(H,19,21)(H,22,23)/t14-/m1/s1. The number of carbonyl (C=O) groups is 2. The van der Waals surface area contributed by atoms with E-state index in [4.69, 9.17) is 4.74 Å². The molecule has 1 heterocycles. The fraction of sp³-hybridized carbons (Fsp3) is 0.222. The van der Waals surface area contributed by atoms with E-state index in [0.29, 0.717) is 16.8 Å². The normalized spacial score (nSPS) is 14.6. The van der Waals surface area contributed by atoms with Crippen molar-refractivity contribution < 1.29 is 27.9 Å². The molecular weight excluding hydrogens is 372 g/mol. The lowest BCUT2D eigenvalue weighted by atomic mass is 10.1. The smallest absolute Gasteiger partial charge is 0.322 e. The summed E-state index contributed by atoms with van der Waals surface area (Å²) < 4.78 is 33.1. The van der Waals surface area contributed by atoms with Crippen molar-refractivity contribution in [3.05, 3.63) is 53.6 Å². The van der Waals surface area contributed by atoms with Crippen molar-refractivity contribution in [2.24, 2.45) is 0 Å². The molecule has 8 nitrogen and oxygen atoms in total. The number of nitrogens with one attached hydrogen (secondary N) is 2. The maximum atomic E-state index is 12.8. The van der Waals surface area contributed by atoms with Gasteiger partial charge in [-0.1, -0.05) is 30.3 Å². The van der Waals surface area contributed by atoms with E-state index in [1.54, 1.807) is 37.3 Å². The summed E-state index contributed by atoms with van der Waals surface area (Å²) in [4.78, 5) is 22.8. The molecule has 1 amide bonds. The molecule has 0 spiro atoms. The van der Waals surface area contributed by atoms with Crippen LogP contribution in [-0.4, -0.2) is 38.0 Å². The van der Waals surface area contributed by atoms with Gasteiger partial charge in [0.15, 0.2) is 6.61 Å². The van der Waals surface area contributed by atoms with Gasteiger partial charge < -0.3 is 15.2 Å². The number of rotatable bonds is 6. The second kappa shape index (κ2) is 7.37. The van der Waals surface area contributed by atoms with Crippen LogP contribution in [0.25, 0.3) is 0 Å². The van der Waals surface area contributed by atoms with E-state index >= 15 is 0 Å². The number of carbonyl (C=O) groups excluding carboxylic acids is 1. The highest BCUT2D eigenvalue weighted by Crippen LogP contribution is 2.33. The average molecular weight is 390 g/mol. The van der Waals surface area contributed by atoms with E-state index < -0.39 is 22.0 Å². The van der Waals surface area contributed by atoms with Crippen molar-refractivity contribution in [2.45, 2.75) is 24.3 Å². The number of carboxylic acids is 1.